The first-order chi connectivity index (χ1) is 11.1. The van der Waals surface area contributed by atoms with Crippen molar-refractivity contribution in [1.82, 2.24) is 14.7 Å². The summed E-state index contributed by atoms with van der Waals surface area (Å²) in [7, 11) is 0. The molecule has 1 fully saturated rings. The highest BCUT2D eigenvalue weighted by Gasteiger charge is 2.24. The van der Waals surface area contributed by atoms with Gasteiger partial charge in [-0.25, -0.2) is 4.68 Å². The van der Waals surface area contributed by atoms with Crippen molar-refractivity contribution in [2.45, 2.75) is 33.1 Å². The summed E-state index contributed by atoms with van der Waals surface area (Å²) in [6.45, 7) is 6.35. The van der Waals surface area contributed by atoms with E-state index < -0.39 is 0 Å². The van der Waals surface area contributed by atoms with Gasteiger partial charge in [0.2, 0.25) is 5.91 Å². The number of nitrogens with zero attached hydrogens (tertiary/aromatic N) is 3. The number of carbonyl (C=O) groups excluding carboxylic acids is 1. The van der Waals surface area contributed by atoms with Crippen LogP contribution in [-0.2, 0) is 11.2 Å². The molecule has 4 heteroatoms. The van der Waals surface area contributed by atoms with E-state index in [1.54, 1.807) is 6.20 Å². The molecule has 0 spiro atoms. The van der Waals surface area contributed by atoms with Crippen LogP contribution >= 0.6 is 0 Å². The van der Waals surface area contributed by atoms with Gasteiger partial charge in [0.15, 0.2) is 0 Å². The van der Waals surface area contributed by atoms with Gasteiger partial charge in [-0.1, -0.05) is 32.0 Å². The van der Waals surface area contributed by atoms with E-state index in [9.17, 15) is 4.79 Å². The van der Waals surface area contributed by atoms with Gasteiger partial charge in [-0.3, -0.25) is 4.79 Å². The Balaban J connectivity index is 1.58. The summed E-state index contributed by atoms with van der Waals surface area (Å²) < 4.78 is 1.83. The van der Waals surface area contributed by atoms with Crippen molar-refractivity contribution in [1.29, 1.82) is 0 Å². The van der Waals surface area contributed by atoms with E-state index in [1.165, 1.54) is 0 Å². The second-order valence-electron chi connectivity index (χ2n) is 6.77. The van der Waals surface area contributed by atoms with Crippen LogP contribution in [0.15, 0.2) is 42.7 Å². The molecule has 23 heavy (non-hydrogen) atoms. The fourth-order valence-electron chi connectivity index (χ4n) is 3.28. The largest absolute Gasteiger partial charge is 0.342 e. The second kappa shape index (κ2) is 6.99. The lowest BCUT2D eigenvalue weighted by atomic mass is 9.86. The van der Waals surface area contributed by atoms with Crippen molar-refractivity contribution in [3.05, 3.63) is 48.3 Å². The summed E-state index contributed by atoms with van der Waals surface area (Å²) in [5, 5.41) is 4.37. The van der Waals surface area contributed by atoms with E-state index in [0.717, 1.165) is 49.0 Å². The molecule has 0 N–H and O–H groups in total. The Hall–Kier alpha value is -2.10. The Labute approximate surface area is 138 Å². The van der Waals surface area contributed by atoms with E-state index in [2.05, 4.69) is 18.9 Å². The highest BCUT2D eigenvalue weighted by molar-refractivity contribution is 5.78. The molecule has 0 bridgehead atoms. The second-order valence-corrected chi connectivity index (χ2v) is 6.77. The fourth-order valence-corrected chi connectivity index (χ4v) is 3.28. The number of aromatic nitrogens is 2. The van der Waals surface area contributed by atoms with Crippen LogP contribution in [0.1, 0.15) is 32.3 Å². The third kappa shape index (κ3) is 3.81. The predicted molar refractivity (Wildman–Crippen MR) is 91.4 cm³/mol. The molecule has 2 aromatic rings. The molecule has 0 atom stereocenters. The SMILES string of the molecule is CC(C)C1CCN(C(=O)Cc2cnn(-c3ccccc3)c2)CC1. The zero-order valence-electron chi connectivity index (χ0n) is 14.0. The monoisotopic (exact) mass is 311 g/mol. The third-order valence-corrected chi connectivity index (χ3v) is 4.85. The van der Waals surface area contributed by atoms with Crippen LogP contribution in [0, 0.1) is 11.8 Å². The highest BCUT2D eigenvalue weighted by Crippen LogP contribution is 2.24. The van der Waals surface area contributed by atoms with E-state index in [-0.39, 0.29) is 5.91 Å². The standard InChI is InChI=1S/C19H25N3O/c1-15(2)17-8-10-21(11-9-17)19(23)12-16-13-20-22(14-16)18-6-4-3-5-7-18/h3-7,13-15,17H,8-12H2,1-2H3. The van der Waals surface area contributed by atoms with Crippen molar-refractivity contribution in [3.63, 3.8) is 0 Å². The van der Waals surface area contributed by atoms with Crippen LogP contribution < -0.4 is 0 Å². The number of piperidine rings is 1. The molecule has 4 nitrogen and oxygen atoms in total. The van der Waals surface area contributed by atoms with Crippen molar-refractivity contribution in [3.8, 4) is 5.69 Å². The minimum absolute atomic E-state index is 0.222. The van der Waals surface area contributed by atoms with Gasteiger partial charge in [0, 0.05) is 19.3 Å². The van der Waals surface area contributed by atoms with Gasteiger partial charge in [-0.2, -0.15) is 5.10 Å². The molecule has 1 aromatic carbocycles. The normalized spacial score (nSPS) is 16.0. The Bertz CT molecular complexity index is 640. The Morgan fingerprint density at radius 3 is 2.57 bits per heavy atom. The molecule has 1 aromatic heterocycles. The first-order valence-electron chi connectivity index (χ1n) is 8.50. The van der Waals surface area contributed by atoms with Gasteiger partial charge in [0.25, 0.3) is 0 Å². The molecule has 0 radical (unpaired) electrons. The van der Waals surface area contributed by atoms with Crippen LogP contribution in [0.2, 0.25) is 0 Å². The quantitative estimate of drug-likeness (QED) is 0.869. The molecule has 0 aliphatic carbocycles. The number of amides is 1. The number of para-hydroxylation sites is 1. The smallest absolute Gasteiger partial charge is 0.227 e. The Kier molecular flexibility index (Phi) is 4.79. The third-order valence-electron chi connectivity index (χ3n) is 4.85. The van der Waals surface area contributed by atoms with E-state index >= 15 is 0 Å². The van der Waals surface area contributed by atoms with Gasteiger partial charge in [0.05, 0.1) is 18.3 Å². The van der Waals surface area contributed by atoms with Crippen LogP contribution in [0.4, 0.5) is 0 Å². The first kappa shape index (κ1) is 15.8. The lowest BCUT2D eigenvalue weighted by molar-refractivity contribution is -0.132. The average molecular weight is 311 g/mol. The van der Waals surface area contributed by atoms with Crippen LogP contribution in [0.3, 0.4) is 0 Å². The van der Waals surface area contributed by atoms with Crippen molar-refractivity contribution >= 4 is 5.91 Å². The molecule has 1 aliphatic rings. The molecule has 1 saturated heterocycles. The molecule has 2 heterocycles. The molecule has 1 aliphatic heterocycles. The molecular weight excluding hydrogens is 286 g/mol. The summed E-state index contributed by atoms with van der Waals surface area (Å²) in [6, 6.07) is 9.98. The van der Waals surface area contributed by atoms with Gasteiger partial charge < -0.3 is 4.90 Å². The summed E-state index contributed by atoms with van der Waals surface area (Å²) in [5.41, 5.74) is 1.99. The lowest BCUT2D eigenvalue weighted by Crippen LogP contribution is -2.40. The molecule has 0 saturated carbocycles. The zero-order chi connectivity index (χ0) is 16.2. The predicted octanol–water partition coefficient (Wildman–Crippen LogP) is 3.31. The molecule has 3 rings (SSSR count). The topological polar surface area (TPSA) is 38.1 Å². The van der Waals surface area contributed by atoms with Gasteiger partial charge in [-0.15, -0.1) is 0 Å². The first-order valence-corrected chi connectivity index (χ1v) is 8.50. The van der Waals surface area contributed by atoms with Crippen molar-refractivity contribution in [2.75, 3.05) is 13.1 Å². The molecule has 0 unspecified atom stereocenters. The summed E-state index contributed by atoms with van der Waals surface area (Å²) >= 11 is 0. The molecular formula is C19H25N3O. The van der Waals surface area contributed by atoms with Crippen LogP contribution in [0.25, 0.3) is 5.69 Å². The highest BCUT2D eigenvalue weighted by atomic mass is 16.2. The number of hydrogen-bond donors (Lipinski definition) is 0. The minimum Gasteiger partial charge on any atom is -0.342 e. The van der Waals surface area contributed by atoms with E-state index in [4.69, 9.17) is 0 Å². The van der Waals surface area contributed by atoms with Gasteiger partial charge >= 0.3 is 0 Å². The van der Waals surface area contributed by atoms with Crippen molar-refractivity contribution < 1.29 is 4.79 Å². The number of hydrogen-bond acceptors (Lipinski definition) is 2. The Morgan fingerprint density at radius 2 is 1.91 bits per heavy atom. The number of benzene rings is 1. The zero-order valence-corrected chi connectivity index (χ0v) is 14.0. The average Bonchev–Trinajstić information content (AvgIpc) is 3.04. The maximum absolute atomic E-state index is 12.5. The maximum atomic E-state index is 12.5. The lowest BCUT2D eigenvalue weighted by Gasteiger charge is -2.33. The minimum atomic E-state index is 0.222. The van der Waals surface area contributed by atoms with E-state index in [1.807, 2.05) is 46.1 Å². The van der Waals surface area contributed by atoms with Crippen molar-refractivity contribution in [2.24, 2.45) is 11.8 Å². The van der Waals surface area contributed by atoms with Gasteiger partial charge in [0.1, 0.15) is 0 Å². The summed E-state index contributed by atoms with van der Waals surface area (Å²) in [4.78, 5) is 14.5. The number of likely N-dealkylation sites (tertiary alicyclic amines) is 1. The Morgan fingerprint density at radius 1 is 1.22 bits per heavy atom. The fraction of sp³-hybridized carbons (Fsp3) is 0.474. The van der Waals surface area contributed by atoms with Crippen LogP contribution in [-0.4, -0.2) is 33.7 Å². The van der Waals surface area contributed by atoms with Gasteiger partial charge in [-0.05, 0) is 42.4 Å². The number of rotatable bonds is 4. The van der Waals surface area contributed by atoms with E-state index in [0.29, 0.717) is 6.42 Å². The maximum Gasteiger partial charge on any atom is 0.227 e. The summed E-state index contributed by atoms with van der Waals surface area (Å²) in [6.07, 6.45) is 6.46. The van der Waals surface area contributed by atoms with Crippen LogP contribution in [0.5, 0.6) is 0 Å². The molecule has 1 amide bonds. The number of carbonyl (C=O) groups is 1. The molecule has 122 valence electrons. The summed E-state index contributed by atoms with van der Waals surface area (Å²) in [5.74, 6) is 1.70.